The summed E-state index contributed by atoms with van der Waals surface area (Å²) in [6.07, 6.45) is 4.33. The van der Waals surface area contributed by atoms with Crippen molar-refractivity contribution in [3.05, 3.63) is 54.1 Å². The Morgan fingerprint density at radius 1 is 1.09 bits per heavy atom. The van der Waals surface area contributed by atoms with E-state index in [1.54, 1.807) is 0 Å². The Balaban J connectivity index is 1.45. The van der Waals surface area contributed by atoms with Gasteiger partial charge < -0.3 is 10.1 Å². The fourth-order valence-electron chi connectivity index (χ4n) is 4.04. The monoisotopic (exact) mass is 457 g/mol. The molecule has 2 amide bonds. The Hall–Kier alpha value is -2.91. The number of fused-ring (bicyclic) bond motifs is 1. The molecule has 0 saturated heterocycles. The fourth-order valence-corrected chi connectivity index (χ4v) is 5.37. The van der Waals surface area contributed by atoms with Crippen molar-refractivity contribution < 1.29 is 22.7 Å². The standard InChI is InChI=1S/C23H27N3O5S/c27-22(24-13-12-17-6-2-1-3-7-17)15-26-20-14-19(10-11-21(20)31-16-23(26)28)32(29,30)25-18-8-4-5-9-18/h1-3,6-7,10-11,14,18,25H,4-5,8-9,12-13,15-16H2,(H,24,27). The summed E-state index contributed by atoms with van der Waals surface area (Å²) in [5.41, 5.74) is 1.39. The maximum Gasteiger partial charge on any atom is 0.265 e. The summed E-state index contributed by atoms with van der Waals surface area (Å²) in [7, 11) is -3.74. The number of ether oxygens (including phenoxy) is 1. The van der Waals surface area contributed by atoms with Gasteiger partial charge in [0.05, 0.1) is 10.6 Å². The van der Waals surface area contributed by atoms with Crippen LogP contribution in [0.3, 0.4) is 0 Å². The largest absolute Gasteiger partial charge is 0.482 e. The first-order chi connectivity index (χ1) is 15.4. The van der Waals surface area contributed by atoms with Crippen molar-refractivity contribution in [3.8, 4) is 5.75 Å². The zero-order chi connectivity index (χ0) is 22.6. The van der Waals surface area contributed by atoms with Gasteiger partial charge in [0.25, 0.3) is 5.91 Å². The number of carbonyl (C=O) groups is 2. The van der Waals surface area contributed by atoms with Gasteiger partial charge in [-0.1, -0.05) is 43.2 Å². The second kappa shape index (κ2) is 9.70. The molecule has 1 aliphatic heterocycles. The number of hydrogen-bond donors (Lipinski definition) is 2. The lowest BCUT2D eigenvalue weighted by Crippen LogP contribution is -2.45. The molecule has 2 aliphatic rings. The van der Waals surface area contributed by atoms with Crippen molar-refractivity contribution in [2.75, 3.05) is 24.6 Å². The lowest BCUT2D eigenvalue weighted by atomic mass is 10.1. The zero-order valence-corrected chi connectivity index (χ0v) is 18.6. The lowest BCUT2D eigenvalue weighted by molar-refractivity contribution is -0.125. The topological polar surface area (TPSA) is 105 Å². The molecule has 0 atom stereocenters. The molecule has 0 spiro atoms. The molecule has 2 aromatic carbocycles. The van der Waals surface area contributed by atoms with Gasteiger partial charge in [0.1, 0.15) is 12.3 Å². The number of nitrogens with one attached hydrogen (secondary N) is 2. The summed E-state index contributed by atoms with van der Waals surface area (Å²) in [6, 6.07) is 14.1. The number of sulfonamides is 1. The van der Waals surface area contributed by atoms with Gasteiger partial charge in [0, 0.05) is 12.6 Å². The second-order valence-electron chi connectivity index (χ2n) is 8.09. The van der Waals surface area contributed by atoms with Crippen LogP contribution in [0.1, 0.15) is 31.2 Å². The summed E-state index contributed by atoms with van der Waals surface area (Å²) in [5.74, 6) is -0.338. The summed E-state index contributed by atoms with van der Waals surface area (Å²) >= 11 is 0. The molecular weight excluding hydrogens is 430 g/mol. The fraction of sp³-hybridized carbons (Fsp3) is 0.391. The van der Waals surface area contributed by atoms with Crippen LogP contribution in [0.2, 0.25) is 0 Å². The molecule has 1 saturated carbocycles. The third kappa shape index (κ3) is 5.28. The number of hydrogen-bond acceptors (Lipinski definition) is 5. The van der Waals surface area contributed by atoms with Crippen molar-refractivity contribution in [3.63, 3.8) is 0 Å². The number of carbonyl (C=O) groups excluding carboxylic acids is 2. The Bertz CT molecular complexity index is 1080. The number of amides is 2. The molecule has 2 aromatic rings. The van der Waals surface area contributed by atoms with Gasteiger partial charge in [0.2, 0.25) is 15.9 Å². The minimum absolute atomic E-state index is 0.0518. The third-order valence-corrected chi connectivity index (χ3v) is 7.26. The van der Waals surface area contributed by atoms with Crippen molar-refractivity contribution in [2.45, 2.75) is 43.0 Å². The minimum Gasteiger partial charge on any atom is -0.482 e. The number of rotatable bonds is 8. The molecule has 0 bridgehead atoms. The molecule has 170 valence electrons. The zero-order valence-electron chi connectivity index (χ0n) is 17.7. The highest BCUT2D eigenvalue weighted by Gasteiger charge is 2.30. The molecule has 1 heterocycles. The van der Waals surface area contributed by atoms with Gasteiger partial charge in [-0.3, -0.25) is 14.5 Å². The van der Waals surface area contributed by atoms with Crippen LogP contribution in [0.5, 0.6) is 5.75 Å². The van der Waals surface area contributed by atoms with E-state index in [0.717, 1.165) is 31.2 Å². The van der Waals surface area contributed by atoms with Crippen LogP contribution in [-0.2, 0) is 26.0 Å². The van der Waals surface area contributed by atoms with E-state index in [2.05, 4.69) is 10.0 Å². The summed E-state index contributed by atoms with van der Waals surface area (Å²) in [5, 5.41) is 2.82. The second-order valence-corrected chi connectivity index (χ2v) is 9.80. The maximum absolute atomic E-state index is 12.8. The minimum atomic E-state index is -3.74. The molecule has 2 N–H and O–H groups in total. The van der Waals surface area contributed by atoms with Gasteiger partial charge in [-0.2, -0.15) is 0 Å². The summed E-state index contributed by atoms with van der Waals surface area (Å²) in [6.45, 7) is 0.0359. The SMILES string of the molecule is O=C(CN1C(=O)COc2ccc(S(=O)(=O)NC3CCCC3)cc21)NCCc1ccccc1. The van der Waals surface area contributed by atoms with Crippen LogP contribution in [0.15, 0.2) is 53.4 Å². The maximum atomic E-state index is 12.8. The van der Waals surface area contributed by atoms with E-state index in [1.807, 2.05) is 30.3 Å². The Labute approximate surface area is 188 Å². The Morgan fingerprint density at radius 2 is 1.84 bits per heavy atom. The Kier molecular flexibility index (Phi) is 6.76. The van der Waals surface area contributed by atoms with E-state index in [1.165, 1.54) is 23.1 Å². The van der Waals surface area contributed by atoms with Crippen LogP contribution in [0, 0.1) is 0 Å². The van der Waals surface area contributed by atoms with E-state index in [9.17, 15) is 18.0 Å². The molecule has 8 nitrogen and oxygen atoms in total. The molecular formula is C23H27N3O5S. The van der Waals surface area contributed by atoms with Gasteiger partial charge >= 0.3 is 0 Å². The van der Waals surface area contributed by atoms with E-state index in [-0.39, 0.29) is 35.7 Å². The molecule has 0 radical (unpaired) electrons. The quantitative estimate of drug-likeness (QED) is 0.631. The first-order valence-electron chi connectivity index (χ1n) is 10.8. The highest BCUT2D eigenvalue weighted by atomic mass is 32.2. The average Bonchev–Trinajstić information content (AvgIpc) is 3.28. The van der Waals surface area contributed by atoms with Crippen molar-refractivity contribution in [1.29, 1.82) is 0 Å². The van der Waals surface area contributed by atoms with Crippen LogP contribution in [-0.4, -0.2) is 46.0 Å². The van der Waals surface area contributed by atoms with E-state index < -0.39 is 15.9 Å². The third-order valence-electron chi connectivity index (χ3n) is 5.74. The molecule has 4 rings (SSSR count). The first kappa shape index (κ1) is 22.3. The molecule has 1 fully saturated rings. The number of benzene rings is 2. The number of anilines is 1. The van der Waals surface area contributed by atoms with Crippen molar-refractivity contribution in [2.24, 2.45) is 0 Å². The first-order valence-corrected chi connectivity index (χ1v) is 12.3. The van der Waals surface area contributed by atoms with Crippen LogP contribution >= 0.6 is 0 Å². The van der Waals surface area contributed by atoms with Gasteiger partial charge in [0.15, 0.2) is 6.61 Å². The molecule has 0 unspecified atom stereocenters. The number of nitrogens with zero attached hydrogens (tertiary/aromatic N) is 1. The summed E-state index contributed by atoms with van der Waals surface area (Å²) < 4.78 is 33.8. The van der Waals surface area contributed by atoms with Crippen molar-refractivity contribution in [1.82, 2.24) is 10.0 Å². The van der Waals surface area contributed by atoms with Gasteiger partial charge in [-0.25, -0.2) is 13.1 Å². The van der Waals surface area contributed by atoms with Gasteiger partial charge in [-0.15, -0.1) is 0 Å². The highest BCUT2D eigenvalue weighted by molar-refractivity contribution is 7.89. The van der Waals surface area contributed by atoms with Crippen LogP contribution in [0.4, 0.5) is 5.69 Å². The average molecular weight is 458 g/mol. The Morgan fingerprint density at radius 3 is 2.59 bits per heavy atom. The molecule has 0 aromatic heterocycles. The predicted octanol–water partition coefficient (Wildman–Crippen LogP) is 1.99. The van der Waals surface area contributed by atoms with Crippen LogP contribution < -0.4 is 19.7 Å². The molecule has 32 heavy (non-hydrogen) atoms. The smallest absolute Gasteiger partial charge is 0.265 e. The lowest BCUT2D eigenvalue weighted by Gasteiger charge is -2.29. The molecule has 1 aliphatic carbocycles. The van der Waals surface area contributed by atoms with E-state index >= 15 is 0 Å². The van der Waals surface area contributed by atoms with E-state index in [0.29, 0.717) is 18.7 Å². The molecule has 9 heteroatoms. The van der Waals surface area contributed by atoms with Crippen LogP contribution in [0.25, 0.3) is 0 Å². The summed E-state index contributed by atoms with van der Waals surface area (Å²) in [4.78, 5) is 26.3. The van der Waals surface area contributed by atoms with Crippen molar-refractivity contribution >= 4 is 27.5 Å². The predicted molar refractivity (Wildman–Crippen MR) is 120 cm³/mol. The highest BCUT2D eigenvalue weighted by Crippen LogP contribution is 2.34. The van der Waals surface area contributed by atoms with Gasteiger partial charge in [-0.05, 0) is 43.0 Å². The van der Waals surface area contributed by atoms with E-state index in [4.69, 9.17) is 4.74 Å². The normalized spacial score (nSPS) is 16.5.